The first-order valence-corrected chi connectivity index (χ1v) is 6.58. The maximum atomic E-state index is 11.8. The molecule has 0 fully saturated rings. The molecule has 104 valence electrons. The van der Waals surface area contributed by atoms with Gasteiger partial charge in [0, 0.05) is 5.69 Å². The molecular weight excluding hydrogens is 250 g/mol. The van der Waals surface area contributed by atoms with Crippen molar-refractivity contribution in [2.24, 2.45) is 0 Å². The Bertz CT molecular complexity index is 619. The van der Waals surface area contributed by atoms with E-state index in [1.54, 1.807) is 6.92 Å². The highest BCUT2D eigenvalue weighted by Gasteiger charge is 2.35. The van der Waals surface area contributed by atoms with Crippen LogP contribution in [0.4, 0.5) is 5.69 Å². The van der Waals surface area contributed by atoms with Gasteiger partial charge in [0.1, 0.15) is 0 Å². The molecule has 2 aromatic carbocycles. The first-order chi connectivity index (χ1) is 9.43. The number of aryl methyl sites for hydroxylation is 2. The summed E-state index contributed by atoms with van der Waals surface area (Å²) >= 11 is 0. The lowest BCUT2D eigenvalue weighted by atomic mass is 9.90. The second-order valence-corrected chi connectivity index (χ2v) is 5.24. The van der Waals surface area contributed by atoms with Crippen molar-refractivity contribution in [3.05, 3.63) is 65.2 Å². The zero-order chi connectivity index (χ0) is 14.8. The summed E-state index contributed by atoms with van der Waals surface area (Å²) in [5.74, 6) is -0.899. The van der Waals surface area contributed by atoms with Gasteiger partial charge in [-0.3, -0.25) is 0 Å². The largest absolute Gasteiger partial charge is 0.479 e. The minimum absolute atomic E-state index is 0.735. The number of para-hydroxylation sites is 1. The summed E-state index contributed by atoms with van der Waals surface area (Å²) < 4.78 is 0. The maximum absolute atomic E-state index is 11.8. The smallest absolute Gasteiger partial charge is 0.333 e. The topological polar surface area (TPSA) is 49.3 Å². The van der Waals surface area contributed by atoms with Crippen LogP contribution in [0.5, 0.6) is 0 Å². The monoisotopic (exact) mass is 269 g/mol. The number of carboxylic acid groups (broad SMARTS) is 1. The summed E-state index contributed by atoms with van der Waals surface area (Å²) in [5, 5.41) is 12.8. The van der Waals surface area contributed by atoms with Gasteiger partial charge in [0.25, 0.3) is 0 Å². The van der Waals surface area contributed by atoms with Crippen molar-refractivity contribution >= 4 is 11.7 Å². The minimum atomic E-state index is -1.15. The molecule has 2 aromatic rings. The lowest BCUT2D eigenvalue weighted by Gasteiger charge is -2.29. The molecule has 3 nitrogen and oxygen atoms in total. The van der Waals surface area contributed by atoms with Gasteiger partial charge in [0.2, 0.25) is 0 Å². The van der Waals surface area contributed by atoms with Crippen LogP contribution in [-0.2, 0) is 10.3 Å². The van der Waals surface area contributed by atoms with Gasteiger partial charge < -0.3 is 10.4 Å². The molecule has 0 bridgehead atoms. The number of carboxylic acids is 1. The third kappa shape index (κ3) is 2.67. The Kier molecular flexibility index (Phi) is 3.79. The molecule has 0 aliphatic heterocycles. The van der Waals surface area contributed by atoms with Crippen molar-refractivity contribution in [2.75, 3.05) is 5.32 Å². The number of benzene rings is 2. The predicted octanol–water partition coefficient (Wildman–Crippen LogP) is 3.72. The Morgan fingerprint density at radius 1 is 1.05 bits per heavy atom. The van der Waals surface area contributed by atoms with E-state index in [9.17, 15) is 9.90 Å². The number of nitrogens with one attached hydrogen (secondary N) is 1. The minimum Gasteiger partial charge on any atom is -0.479 e. The molecule has 0 saturated heterocycles. The van der Waals surface area contributed by atoms with E-state index in [-0.39, 0.29) is 0 Å². The fourth-order valence-electron chi connectivity index (χ4n) is 2.12. The molecule has 0 aromatic heterocycles. The van der Waals surface area contributed by atoms with Crippen molar-refractivity contribution in [2.45, 2.75) is 26.3 Å². The van der Waals surface area contributed by atoms with Crippen LogP contribution in [0.3, 0.4) is 0 Å². The van der Waals surface area contributed by atoms with Crippen LogP contribution < -0.4 is 5.32 Å². The second kappa shape index (κ2) is 5.37. The van der Waals surface area contributed by atoms with E-state index in [0.29, 0.717) is 0 Å². The van der Waals surface area contributed by atoms with Gasteiger partial charge in [-0.2, -0.15) is 0 Å². The van der Waals surface area contributed by atoms with Crippen LogP contribution in [0.1, 0.15) is 23.6 Å². The number of aliphatic carboxylic acids is 1. The number of rotatable bonds is 4. The van der Waals surface area contributed by atoms with Crippen LogP contribution in [0.25, 0.3) is 0 Å². The number of hydrogen-bond acceptors (Lipinski definition) is 2. The van der Waals surface area contributed by atoms with Crippen LogP contribution in [-0.4, -0.2) is 11.1 Å². The van der Waals surface area contributed by atoms with Crippen molar-refractivity contribution in [1.29, 1.82) is 0 Å². The van der Waals surface area contributed by atoms with E-state index < -0.39 is 11.5 Å². The van der Waals surface area contributed by atoms with E-state index in [1.165, 1.54) is 0 Å². The summed E-state index contributed by atoms with van der Waals surface area (Å²) in [4.78, 5) is 11.8. The first kappa shape index (κ1) is 14.1. The number of anilines is 1. The Hall–Kier alpha value is -2.29. The first-order valence-electron chi connectivity index (χ1n) is 6.58. The van der Waals surface area contributed by atoms with E-state index >= 15 is 0 Å². The lowest BCUT2D eigenvalue weighted by molar-refractivity contribution is -0.142. The molecule has 0 saturated carbocycles. The fraction of sp³-hybridized carbons (Fsp3) is 0.235. The predicted molar refractivity (Wildman–Crippen MR) is 81.0 cm³/mol. The standard InChI is InChI=1S/C17H19NO2/c1-12-8-10-14(11-9-12)17(3,16(19)20)18-15-7-5-4-6-13(15)2/h4-11,18H,1-3H3,(H,19,20). The molecule has 2 rings (SSSR count). The zero-order valence-corrected chi connectivity index (χ0v) is 12.0. The van der Waals surface area contributed by atoms with Crippen LogP contribution in [0.15, 0.2) is 48.5 Å². The molecule has 3 heteroatoms. The molecule has 1 atom stereocenters. The summed E-state index contributed by atoms with van der Waals surface area (Å²) in [6.45, 7) is 5.63. The normalized spacial score (nSPS) is 13.6. The van der Waals surface area contributed by atoms with Gasteiger partial charge >= 0.3 is 5.97 Å². The van der Waals surface area contributed by atoms with Gasteiger partial charge in [0.05, 0.1) is 0 Å². The van der Waals surface area contributed by atoms with Gasteiger partial charge in [-0.1, -0.05) is 48.0 Å². The van der Waals surface area contributed by atoms with Crippen LogP contribution >= 0.6 is 0 Å². The van der Waals surface area contributed by atoms with E-state index in [0.717, 1.165) is 22.4 Å². The van der Waals surface area contributed by atoms with Gasteiger partial charge in [0.15, 0.2) is 5.54 Å². The van der Waals surface area contributed by atoms with Crippen LogP contribution in [0, 0.1) is 13.8 Å². The molecule has 0 radical (unpaired) electrons. The van der Waals surface area contributed by atoms with Crippen molar-refractivity contribution in [3.63, 3.8) is 0 Å². The Morgan fingerprint density at radius 3 is 2.20 bits per heavy atom. The average Bonchev–Trinajstić information content (AvgIpc) is 2.42. The molecule has 20 heavy (non-hydrogen) atoms. The molecular formula is C17H19NO2. The average molecular weight is 269 g/mol. The molecule has 0 aliphatic carbocycles. The molecule has 2 N–H and O–H groups in total. The number of hydrogen-bond donors (Lipinski definition) is 2. The van der Waals surface area contributed by atoms with Crippen LogP contribution in [0.2, 0.25) is 0 Å². The van der Waals surface area contributed by atoms with Crippen molar-refractivity contribution in [3.8, 4) is 0 Å². The zero-order valence-electron chi connectivity index (χ0n) is 12.0. The maximum Gasteiger partial charge on any atom is 0.333 e. The molecule has 0 spiro atoms. The van der Waals surface area contributed by atoms with Gasteiger partial charge in [-0.15, -0.1) is 0 Å². The summed E-state index contributed by atoms with van der Waals surface area (Å²) in [6.07, 6.45) is 0. The Balaban J connectivity index is 2.43. The Morgan fingerprint density at radius 2 is 1.65 bits per heavy atom. The molecule has 0 aliphatic rings. The molecule has 1 unspecified atom stereocenters. The van der Waals surface area contributed by atoms with Crippen molar-refractivity contribution < 1.29 is 9.90 Å². The highest BCUT2D eigenvalue weighted by atomic mass is 16.4. The quantitative estimate of drug-likeness (QED) is 0.889. The third-order valence-corrected chi connectivity index (χ3v) is 3.59. The fourth-order valence-corrected chi connectivity index (χ4v) is 2.12. The lowest BCUT2D eigenvalue weighted by Crippen LogP contribution is -2.40. The number of carbonyl (C=O) groups is 1. The van der Waals surface area contributed by atoms with E-state index in [4.69, 9.17) is 0 Å². The van der Waals surface area contributed by atoms with Gasteiger partial charge in [-0.05, 0) is 38.0 Å². The van der Waals surface area contributed by atoms with E-state index in [1.807, 2.05) is 62.4 Å². The highest BCUT2D eigenvalue weighted by molar-refractivity contribution is 5.84. The third-order valence-electron chi connectivity index (χ3n) is 3.59. The highest BCUT2D eigenvalue weighted by Crippen LogP contribution is 2.28. The SMILES string of the molecule is Cc1ccc(C(C)(Nc2ccccc2C)C(=O)O)cc1. The van der Waals surface area contributed by atoms with Gasteiger partial charge in [-0.25, -0.2) is 4.79 Å². The molecule has 0 amide bonds. The molecule has 0 heterocycles. The van der Waals surface area contributed by atoms with Crippen molar-refractivity contribution in [1.82, 2.24) is 0 Å². The summed E-state index contributed by atoms with van der Waals surface area (Å²) in [5.41, 5.74) is 2.54. The second-order valence-electron chi connectivity index (χ2n) is 5.24. The van der Waals surface area contributed by atoms with E-state index in [2.05, 4.69) is 5.32 Å². The Labute approximate surface area is 119 Å². The summed E-state index contributed by atoms with van der Waals surface area (Å²) in [7, 11) is 0. The summed E-state index contributed by atoms with van der Waals surface area (Å²) in [6, 6.07) is 15.2.